The fourth-order valence-corrected chi connectivity index (χ4v) is 2.92. The summed E-state index contributed by atoms with van der Waals surface area (Å²) in [6.07, 6.45) is 3.65. The van der Waals surface area contributed by atoms with E-state index in [0.29, 0.717) is 27.8 Å². The van der Waals surface area contributed by atoms with Crippen LogP contribution >= 0.6 is 0 Å². The molecule has 5 heteroatoms. The minimum atomic E-state index is -0.160. The number of nitrogens with zero attached hydrogens (tertiary/aromatic N) is 1. The Morgan fingerprint density at radius 2 is 1.88 bits per heavy atom. The van der Waals surface area contributed by atoms with E-state index in [9.17, 15) is 9.59 Å². The molecule has 126 valence electrons. The lowest BCUT2D eigenvalue weighted by Gasteiger charge is -2.13. The molecule has 0 unspecified atom stereocenters. The Morgan fingerprint density at radius 1 is 1.12 bits per heavy atom. The molecule has 1 aliphatic rings. The number of ether oxygens (including phenoxy) is 1. The van der Waals surface area contributed by atoms with E-state index in [-0.39, 0.29) is 17.5 Å². The van der Waals surface area contributed by atoms with Crippen molar-refractivity contribution in [2.75, 3.05) is 7.11 Å². The summed E-state index contributed by atoms with van der Waals surface area (Å²) < 4.78 is 6.75. The third kappa shape index (κ3) is 2.89. The molecule has 1 amide bonds. The Bertz CT molecular complexity index is 1020. The van der Waals surface area contributed by atoms with Gasteiger partial charge in [-0.05, 0) is 31.0 Å². The number of fused-ring (bicyclic) bond motifs is 1. The molecule has 0 spiro atoms. The molecule has 0 atom stereocenters. The lowest BCUT2D eigenvalue weighted by Crippen LogP contribution is -2.28. The standard InChI is InChI=1S/C20H18N2O3/c1-25-15-6-4-5-14(11-15)22-12-18(19(23)21-13-9-10-13)16-7-2-3-8-17(16)20(22)24/h2-8,11-13H,9-10H2,1H3,(H,21,23). The Labute approximate surface area is 144 Å². The van der Waals surface area contributed by atoms with Crippen molar-refractivity contribution in [2.24, 2.45) is 0 Å². The van der Waals surface area contributed by atoms with Crippen LogP contribution in [0.5, 0.6) is 5.75 Å². The number of benzene rings is 2. The van der Waals surface area contributed by atoms with Crippen molar-refractivity contribution in [3.05, 3.63) is 70.6 Å². The van der Waals surface area contributed by atoms with Crippen molar-refractivity contribution < 1.29 is 9.53 Å². The molecule has 3 aromatic rings. The molecule has 1 aromatic heterocycles. The topological polar surface area (TPSA) is 60.3 Å². The highest BCUT2D eigenvalue weighted by Crippen LogP contribution is 2.23. The average Bonchev–Trinajstić information content (AvgIpc) is 3.46. The summed E-state index contributed by atoms with van der Waals surface area (Å²) in [5, 5.41) is 4.20. The first kappa shape index (κ1) is 15.4. The van der Waals surface area contributed by atoms with Crippen LogP contribution in [0.15, 0.2) is 59.5 Å². The van der Waals surface area contributed by atoms with E-state index in [4.69, 9.17) is 4.74 Å². The number of hydrogen-bond donors (Lipinski definition) is 1. The average molecular weight is 334 g/mol. The van der Waals surface area contributed by atoms with Crippen LogP contribution in [-0.2, 0) is 0 Å². The zero-order valence-electron chi connectivity index (χ0n) is 13.9. The summed E-state index contributed by atoms with van der Waals surface area (Å²) in [6.45, 7) is 0. The van der Waals surface area contributed by atoms with Gasteiger partial charge in [0, 0.05) is 29.1 Å². The lowest BCUT2D eigenvalue weighted by atomic mass is 10.1. The number of methoxy groups -OCH3 is 1. The first-order valence-electron chi connectivity index (χ1n) is 8.27. The second kappa shape index (κ2) is 6.09. The van der Waals surface area contributed by atoms with Gasteiger partial charge in [0.1, 0.15) is 5.75 Å². The van der Waals surface area contributed by atoms with Crippen LogP contribution in [0.2, 0.25) is 0 Å². The van der Waals surface area contributed by atoms with Gasteiger partial charge in [0.2, 0.25) is 0 Å². The number of rotatable bonds is 4. The fraction of sp³-hybridized carbons (Fsp3) is 0.200. The fourth-order valence-electron chi connectivity index (χ4n) is 2.92. The molecule has 1 fully saturated rings. The summed E-state index contributed by atoms with van der Waals surface area (Å²) in [5.74, 6) is 0.511. The second-order valence-electron chi connectivity index (χ2n) is 6.21. The van der Waals surface area contributed by atoms with E-state index < -0.39 is 0 Å². The van der Waals surface area contributed by atoms with E-state index in [2.05, 4.69) is 5.32 Å². The van der Waals surface area contributed by atoms with E-state index in [1.165, 1.54) is 4.57 Å². The monoisotopic (exact) mass is 334 g/mol. The van der Waals surface area contributed by atoms with Crippen LogP contribution in [0.1, 0.15) is 23.2 Å². The molecule has 0 radical (unpaired) electrons. The maximum atomic E-state index is 12.9. The number of carbonyl (C=O) groups excluding carboxylic acids is 1. The van der Waals surface area contributed by atoms with Crippen LogP contribution in [0.25, 0.3) is 16.5 Å². The minimum Gasteiger partial charge on any atom is -0.497 e. The molecule has 1 heterocycles. The third-order valence-corrected chi connectivity index (χ3v) is 4.41. The summed E-state index contributed by atoms with van der Waals surface area (Å²) in [4.78, 5) is 25.6. The Morgan fingerprint density at radius 3 is 2.60 bits per heavy atom. The largest absolute Gasteiger partial charge is 0.497 e. The van der Waals surface area contributed by atoms with Crippen molar-refractivity contribution in [1.82, 2.24) is 9.88 Å². The summed E-state index contributed by atoms with van der Waals surface area (Å²) >= 11 is 0. The smallest absolute Gasteiger partial charge is 0.262 e. The van der Waals surface area contributed by atoms with E-state index >= 15 is 0 Å². The van der Waals surface area contributed by atoms with Gasteiger partial charge in [-0.3, -0.25) is 14.2 Å². The molecule has 4 rings (SSSR count). The van der Waals surface area contributed by atoms with Crippen molar-refractivity contribution in [2.45, 2.75) is 18.9 Å². The lowest BCUT2D eigenvalue weighted by molar-refractivity contribution is 0.0952. The van der Waals surface area contributed by atoms with Gasteiger partial charge in [0.25, 0.3) is 11.5 Å². The number of pyridine rings is 1. The van der Waals surface area contributed by atoms with Crippen LogP contribution < -0.4 is 15.6 Å². The number of nitrogens with one attached hydrogen (secondary N) is 1. The van der Waals surface area contributed by atoms with Gasteiger partial charge in [-0.15, -0.1) is 0 Å². The van der Waals surface area contributed by atoms with Crippen LogP contribution in [-0.4, -0.2) is 23.6 Å². The summed E-state index contributed by atoms with van der Waals surface area (Å²) in [6, 6.07) is 14.7. The Kier molecular flexibility index (Phi) is 3.76. The van der Waals surface area contributed by atoms with Gasteiger partial charge < -0.3 is 10.1 Å². The zero-order valence-corrected chi connectivity index (χ0v) is 13.9. The van der Waals surface area contributed by atoms with Crippen LogP contribution in [0, 0.1) is 0 Å². The highest BCUT2D eigenvalue weighted by molar-refractivity contribution is 6.06. The van der Waals surface area contributed by atoms with Crippen LogP contribution in [0.3, 0.4) is 0 Å². The van der Waals surface area contributed by atoms with Gasteiger partial charge in [0.15, 0.2) is 0 Å². The number of carbonyl (C=O) groups is 1. The predicted molar refractivity (Wildman–Crippen MR) is 96.6 cm³/mol. The molecule has 2 aromatic carbocycles. The zero-order chi connectivity index (χ0) is 17.4. The normalized spacial score (nSPS) is 13.6. The SMILES string of the molecule is COc1cccc(-n2cc(C(=O)NC3CC3)c3ccccc3c2=O)c1. The first-order valence-corrected chi connectivity index (χ1v) is 8.27. The van der Waals surface area contributed by atoms with Gasteiger partial charge in [-0.1, -0.05) is 24.3 Å². The second-order valence-corrected chi connectivity index (χ2v) is 6.21. The van der Waals surface area contributed by atoms with Crippen molar-refractivity contribution in [3.8, 4) is 11.4 Å². The highest BCUT2D eigenvalue weighted by atomic mass is 16.5. The molecular weight excluding hydrogens is 316 g/mol. The van der Waals surface area contributed by atoms with Gasteiger partial charge in [-0.25, -0.2) is 0 Å². The summed E-state index contributed by atoms with van der Waals surface area (Å²) in [7, 11) is 1.58. The number of aromatic nitrogens is 1. The molecule has 1 aliphatic carbocycles. The Hall–Kier alpha value is -3.08. The molecule has 1 N–H and O–H groups in total. The molecule has 25 heavy (non-hydrogen) atoms. The molecular formula is C20H18N2O3. The molecule has 0 bridgehead atoms. The van der Waals surface area contributed by atoms with Crippen molar-refractivity contribution in [1.29, 1.82) is 0 Å². The van der Waals surface area contributed by atoms with E-state index in [0.717, 1.165) is 12.8 Å². The molecule has 5 nitrogen and oxygen atoms in total. The van der Waals surface area contributed by atoms with Crippen molar-refractivity contribution >= 4 is 16.7 Å². The molecule has 1 saturated carbocycles. The van der Waals surface area contributed by atoms with E-state index in [1.807, 2.05) is 36.4 Å². The maximum Gasteiger partial charge on any atom is 0.262 e. The van der Waals surface area contributed by atoms with Crippen LogP contribution in [0.4, 0.5) is 0 Å². The minimum absolute atomic E-state index is 0.143. The predicted octanol–water partition coefficient (Wildman–Crippen LogP) is 2.89. The van der Waals surface area contributed by atoms with Gasteiger partial charge in [-0.2, -0.15) is 0 Å². The van der Waals surface area contributed by atoms with Gasteiger partial charge >= 0.3 is 0 Å². The summed E-state index contributed by atoms with van der Waals surface area (Å²) in [5.41, 5.74) is 1.01. The van der Waals surface area contributed by atoms with Crippen molar-refractivity contribution in [3.63, 3.8) is 0 Å². The highest BCUT2D eigenvalue weighted by Gasteiger charge is 2.25. The maximum absolute atomic E-state index is 12.9. The van der Waals surface area contributed by atoms with E-state index in [1.54, 1.807) is 25.4 Å². The molecule has 0 aliphatic heterocycles. The quantitative estimate of drug-likeness (QED) is 0.798. The molecule has 0 saturated heterocycles. The van der Waals surface area contributed by atoms with Gasteiger partial charge in [0.05, 0.1) is 18.4 Å². The number of hydrogen-bond acceptors (Lipinski definition) is 3. The third-order valence-electron chi connectivity index (χ3n) is 4.41. The first-order chi connectivity index (χ1) is 12.2. The Balaban J connectivity index is 1.93. The number of amides is 1.